The highest BCUT2D eigenvalue weighted by Crippen LogP contribution is 2.34. The van der Waals surface area contributed by atoms with E-state index < -0.39 is 34.4 Å². The van der Waals surface area contributed by atoms with Gasteiger partial charge in [-0.15, -0.1) is 0 Å². The minimum absolute atomic E-state index is 0.0853. The third-order valence-electron chi connectivity index (χ3n) is 7.25. The topological polar surface area (TPSA) is 114 Å². The van der Waals surface area contributed by atoms with Crippen LogP contribution in [-0.2, 0) is 25.2 Å². The van der Waals surface area contributed by atoms with Crippen LogP contribution in [0.3, 0.4) is 0 Å². The summed E-state index contributed by atoms with van der Waals surface area (Å²) < 4.78 is 23.6. The first-order valence-electron chi connectivity index (χ1n) is 13.5. The molecule has 210 valence electrons. The molecule has 2 atom stereocenters. The van der Waals surface area contributed by atoms with Gasteiger partial charge in [-0.1, -0.05) is 55.7 Å². The summed E-state index contributed by atoms with van der Waals surface area (Å²) in [6.45, 7) is 1.80. The zero-order chi connectivity index (χ0) is 28.1. The van der Waals surface area contributed by atoms with Crippen molar-refractivity contribution in [3.05, 3.63) is 60.7 Å². The van der Waals surface area contributed by atoms with E-state index in [1.165, 1.54) is 4.90 Å². The van der Waals surface area contributed by atoms with Crippen molar-refractivity contribution in [1.82, 2.24) is 5.32 Å². The molecule has 1 fully saturated rings. The van der Waals surface area contributed by atoms with Crippen molar-refractivity contribution in [1.29, 1.82) is 0 Å². The van der Waals surface area contributed by atoms with Gasteiger partial charge in [-0.2, -0.15) is 0 Å². The molecule has 5 rings (SSSR count). The van der Waals surface area contributed by atoms with Crippen LogP contribution in [0.25, 0.3) is 10.8 Å². The Kier molecular flexibility index (Phi) is 8.64. The number of anilines is 2. The monoisotopic (exact) mass is 563 g/mol. The fraction of sp³-hybridized carbons (Fsp3) is 0.367. The maximum atomic E-state index is 13.7. The van der Waals surface area contributed by atoms with Gasteiger partial charge in [0.2, 0.25) is 24.5 Å². The molecule has 3 amide bonds. The zero-order valence-electron chi connectivity index (χ0n) is 22.4. The molecule has 0 aromatic heterocycles. The number of carbonyl (C=O) groups excluding carboxylic acids is 3. The van der Waals surface area contributed by atoms with Crippen molar-refractivity contribution in [2.75, 3.05) is 28.5 Å². The molecule has 9 nitrogen and oxygen atoms in total. The van der Waals surface area contributed by atoms with Crippen LogP contribution in [0.2, 0.25) is 0 Å². The molecule has 1 heterocycles. The Morgan fingerprint density at radius 3 is 2.52 bits per heavy atom. The van der Waals surface area contributed by atoms with Gasteiger partial charge in [-0.25, -0.2) is 0 Å². The maximum absolute atomic E-state index is 13.7. The lowest BCUT2D eigenvalue weighted by Gasteiger charge is -2.31. The van der Waals surface area contributed by atoms with E-state index in [4.69, 9.17) is 9.47 Å². The first kappa shape index (κ1) is 27.6. The number of rotatable bonds is 9. The molecule has 0 spiro atoms. The van der Waals surface area contributed by atoms with Gasteiger partial charge in [-0.3, -0.25) is 23.5 Å². The van der Waals surface area contributed by atoms with Crippen LogP contribution in [0, 0.1) is 0 Å². The third kappa shape index (κ3) is 6.44. The highest BCUT2D eigenvalue weighted by Gasteiger charge is 2.31. The summed E-state index contributed by atoms with van der Waals surface area (Å²) in [5, 5.41) is 7.53. The van der Waals surface area contributed by atoms with E-state index >= 15 is 0 Å². The normalized spacial score (nSPS) is 16.2. The fourth-order valence-electron chi connectivity index (χ4n) is 5.24. The molecule has 3 aromatic rings. The van der Waals surface area contributed by atoms with Crippen LogP contribution in [0.1, 0.15) is 39.0 Å². The summed E-state index contributed by atoms with van der Waals surface area (Å²) in [6.07, 6.45) is 5.14. The summed E-state index contributed by atoms with van der Waals surface area (Å²) in [7, 11) is -1.81. The predicted molar refractivity (Wildman–Crippen MR) is 155 cm³/mol. The standard InChI is InChI=1S/C30H33N3O6S/c1-20(30(36)32-22-10-3-2-4-11-22)33(25-13-7-9-21-8-5-6-12-24(21)25)29(35)18-40(37)17-28(34)31-23-14-15-26-27(16-23)39-19-38-26/h5-9,12-16,20,22H,2-4,10-11,17-19H2,1H3,(H,31,34)(H,32,36). The van der Waals surface area contributed by atoms with Crippen molar-refractivity contribution in [3.63, 3.8) is 0 Å². The molecule has 1 aliphatic carbocycles. The van der Waals surface area contributed by atoms with Crippen LogP contribution in [0.5, 0.6) is 11.5 Å². The van der Waals surface area contributed by atoms with E-state index in [-0.39, 0.29) is 24.5 Å². The SMILES string of the molecule is CC(C(=O)NC1CCCCC1)N(C(=O)CS(=O)CC(=O)Nc1ccc2c(c1)OCO2)c1cccc2ccccc12. The molecular weight excluding hydrogens is 530 g/mol. The molecule has 1 aliphatic heterocycles. The molecule has 0 bridgehead atoms. The van der Waals surface area contributed by atoms with Crippen LogP contribution in [-0.4, -0.2) is 52.3 Å². The lowest BCUT2D eigenvalue weighted by atomic mass is 9.95. The molecule has 2 unspecified atom stereocenters. The van der Waals surface area contributed by atoms with E-state index in [1.807, 2.05) is 36.4 Å². The smallest absolute Gasteiger partial charge is 0.243 e. The van der Waals surface area contributed by atoms with Crippen molar-refractivity contribution in [2.24, 2.45) is 0 Å². The second kappa shape index (κ2) is 12.5. The Morgan fingerprint density at radius 2 is 1.70 bits per heavy atom. The maximum Gasteiger partial charge on any atom is 0.243 e. The van der Waals surface area contributed by atoms with Gasteiger partial charge in [0.1, 0.15) is 17.5 Å². The molecule has 1 saturated carbocycles. The second-order valence-electron chi connectivity index (χ2n) is 10.1. The van der Waals surface area contributed by atoms with Crippen LogP contribution >= 0.6 is 0 Å². The molecule has 2 N–H and O–H groups in total. The average molecular weight is 564 g/mol. The zero-order valence-corrected chi connectivity index (χ0v) is 23.2. The number of amides is 3. The van der Waals surface area contributed by atoms with Gasteiger partial charge in [0.25, 0.3) is 0 Å². The first-order chi connectivity index (χ1) is 19.4. The Bertz CT molecular complexity index is 1430. The lowest BCUT2D eigenvalue weighted by Crippen LogP contribution is -2.52. The quantitative estimate of drug-likeness (QED) is 0.405. The van der Waals surface area contributed by atoms with Crippen LogP contribution in [0.15, 0.2) is 60.7 Å². The van der Waals surface area contributed by atoms with Crippen molar-refractivity contribution in [2.45, 2.75) is 51.1 Å². The van der Waals surface area contributed by atoms with Crippen molar-refractivity contribution < 1.29 is 28.1 Å². The molecule has 2 aliphatic rings. The summed E-state index contributed by atoms with van der Waals surface area (Å²) in [4.78, 5) is 41.1. The number of carbonyl (C=O) groups is 3. The number of hydrogen-bond acceptors (Lipinski definition) is 6. The van der Waals surface area contributed by atoms with Gasteiger partial charge < -0.3 is 20.1 Å². The average Bonchev–Trinajstić information content (AvgIpc) is 3.41. The summed E-state index contributed by atoms with van der Waals surface area (Å²) in [6, 6.07) is 17.4. The molecule has 0 radical (unpaired) electrons. The van der Waals surface area contributed by atoms with E-state index in [2.05, 4.69) is 10.6 Å². The Morgan fingerprint density at radius 1 is 0.950 bits per heavy atom. The Labute approximate surface area is 235 Å². The van der Waals surface area contributed by atoms with Crippen LogP contribution in [0.4, 0.5) is 11.4 Å². The molecule has 3 aromatic carbocycles. The fourth-order valence-corrected chi connectivity index (χ4v) is 6.12. The van der Waals surface area contributed by atoms with Gasteiger partial charge in [0.05, 0.1) is 5.69 Å². The first-order valence-corrected chi connectivity index (χ1v) is 15.0. The number of benzene rings is 3. The second-order valence-corrected chi connectivity index (χ2v) is 11.6. The van der Waals surface area contributed by atoms with Gasteiger partial charge >= 0.3 is 0 Å². The van der Waals surface area contributed by atoms with Crippen molar-refractivity contribution >= 4 is 50.7 Å². The minimum atomic E-state index is -1.81. The van der Waals surface area contributed by atoms with E-state index in [1.54, 1.807) is 31.2 Å². The van der Waals surface area contributed by atoms with Crippen LogP contribution < -0.4 is 25.0 Å². The van der Waals surface area contributed by atoms with Gasteiger partial charge in [0, 0.05) is 34.0 Å². The summed E-state index contributed by atoms with van der Waals surface area (Å²) in [5.41, 5.74) is 1.04. The van der Waals surface area contributed by atoms with Gasteiger partial charge in [0.15, 0.2) is 11.5 Å². The minimum Gasteiger partial charge on any atom is -0.454 e. The molecular formula is C30H33N3O6S. The number of fused-ring (bicyclic) bond motifs is 2. The number of hydrogen-bond donors (Lipinski definition) is 2. The summed E-state index contributed by atoms with van der Waals surface area (Å²) in [5.74, 6) is -0.908. The highest BCUT2D eigenvalue weighted by atomic mass is 32.2. The van der Waals surface area contributed by atoms with Crippen molar-refractivity contribution in [3.8, 4) is 11.5 Å². The Balaban J connectivity index is 1.30. The molecule has 0 saturated heterocycles. The number of nitrogens with zero attached hydrogens (tertiary/aromatic N) is 1. The highest BCUT2D eigenvalue weighted by molar-refractivity contribution is 7.86. The van der Waals surface area contributed by atoms with E-state index in [0.717, 1.165) is 42.9 Å². The number of ether oxygens (including phenoxy) is 2. The molecule has 40 heavy (non-hydrogen) atoms. The number of nitrogens with one attached hydrogen (secondary N) is 2. The van der Waals surface area contributed by atoms with E-state index in [9.17, 15) is 18.6 Å². The predicted octanol–water partition coefficient (Wildman–Crippen LogP) is 4.13. The third-order valence-corrected chi connectivity index (χ3v) is 8.40. The largest absolute Gasteiger partial charge is 0.454 e. The Hall–Kier alpha value is -3.92. The van der Waals surface area contributed by atoms with Gasteiger partial charge in [-0.05, 0) is 43.4 Å². The lowest BCUT2D eigenvalue weighted by molar-refractivity contribution is -0.126. The van der Waals surface area contributed by atoms with E-state index in [0.29, 0.717) is 22.9 Å². The molecule has 10 heteroatoms. The summed E-state index contributed by atoms with van der Waals surface area (Å²) >= 11 is 0.